The number of carbonyl (C=O) groups is 1. The van der Waals surface area contributed by atoms with Gasteiger partial charge >= 0.3 is 0 Å². The first-order valence-corrected chi connectivity index (χ1v) is 11.2. The first-order valence-electron chi connectivity index (χ1n) is 11.2. The summed E-state index contributed by atoms with van der Waals surface area (Å²) in [5.74, 6) is -4.91. The normalized spacial score (nSPS) is 14.4. The van der Waals surface area contributed by atoms with Crippen molar-refractivity contribution >= 4 is 22.5 Å². The molecule has 4 aromatic rings. The first kappa shape index (κ1) is 23.0. The molecule has 180 valence electrons. The quantitative estimate of drug-likeness (QED) is 0.372. The van der Waals surface area contributed by atoms with Crippen LogP contribution >= 0.6 is 0 Å². The van der Waals surface area contributed by atoms with Gasteiger partial charge in [-0.05, 0) is 61.3 Å². The SMILES string of the molecule is O=C(Nc1c(F)cncc1F)c1n[nH]c2ccc(-c3cc(CN4CCCCC4)cc(F)c3F)cc12. The topological polar surface area (TPSA) is 73.9 Å². The second-order valence-electron chi connectivity index (χ2n) is 8.54. The van der Waals surface area contributed by atoms with Crippen LogP contribution in [0.25, 0.3) is 22.0 Å². The van der Waals surface area contributed by atoms with Crippen molar-refractivity contribution in [1.29, 1.82) is 0 Å². The van der Waals surface area contributed by atoms with Gasteiger partial charge in [-0.3, -0.25) is 19.8 Å². The van der Waals surface area contributed by atoms with E-state index in [1.54, 1.807) is 18.2 Å². The Balaban J connectivity index is 1.49. The van der Waals surface area contributed by atoms with E-state index >= 15 is 0 Å². The van der Waals surface area contributed by atoms with Gasteiger partial charge in [0.15, 0.2) is 29.0 Å². The molecule has 0 unspecified atom stereocenters. The molecule has 5 rings (SSSR count). The Morgan fingerprint density at radius 3 is 2.46 bits per heavy atom. The van der Waals surface area contributed by atoms with Gasteiger partial charge in [-0.1, -0.05) is 12.5 Å². The molecular formula is C25H21F4N5O. The summed E-state index contributed by atoms with van der Waals surface area (Å²) < 4.78 is 57.2. The van der Waals surface area contributed by atoms with Crippen LogP contribution in [0.1, 0.15) is 35.3 Å². The molecule has 2 aromatic carbocycles. The summed E-state index contributed by atoms with van der Waals surface area (Å²) in [5, 5.41) is 9.06. The molecule has 1 saturated heterocycles. The minimum absolute atomic E-state index is 0.0534. The van der Waals surface area contributed by atoms with Crippen LogP contribution in [0, 0.1) is 23.3 Å². The van der Waals surface area contributed by atoms with Crippen molar-refractivity contribution in [1.82, 2.24) is 20.1 Å². The van der Waals surface area contributed by atoms with Crippen molar-refractivity contribution in [3.63, 3.8) is 0 Å². The third-order valence-electron chi connectivity index (χ3n) is 6.12. The molecule has 0 saturated carbocycles. The number of benzene rings is 2. The lowest BCUT2D eigenvalue weighted by molar-refractivity contribution is 0.102. The number of aromatic amines is 1. The molecule has 0 bridgehead atoms. The molecule has 10 heteroatoms. The van der Waals surface area contributed by atoms with Crippen molar-refractivity contribution in [3.8, 4) is 11.1 Å². The van der Waals surface area contributed by atoms with Gasteiger partial charge in [-0.2, -0.15) is 5.10 Å². The van der Waals surface area contributed by atoms with Crippen LogP contribution in [0.5, 0.6) is 0 Å². The van der Waals surface area contributed by atoms with Crippen LogP contribution in [0.4, 0.5) is 23.2 Å². The first-order chi connectivity index (χ1) is 16.9. The van der Waals surface area contributed by atoms with E-state index in [0.717, 1.165) is 38.3 Å². The number of nitrogens with zero attached hydrogens (tertiary/aromatic N) is 3. The monoisotopic (exact) mass is 483 g/mol. The Bertz CT molecular complexity index is 1390. The Morgan fingerprint density at radius 1 is 0.971 bits per heavy atom. The highest BCUT2D eigenvalue weighted by molar-refractivity contribution is 6.11. The van der Waals surface area contributed by atoms with Gasteiger partial charge in [0, 0.05) is 17.5 Å². The number of fused-ring (bicyclic) bond motifs is 1. The summed E-state index contributed by atoms with van der Waals surface area (Å²) in [7, 11) is 0. The minimum Gasteiger partial charge on any atom is -0.316 e. The summed E-state index contributed by atoms with van der Waals surface area (Å²) in [4.78, 5) is 18.3. The summed E-state index contributed by atoms with van der Waals surface area (Å²) in [6.45, 7) is 2.33. The second-order valence-corrected chi connectivity index (χ2v) is 8.54. The number of hydrogen-bond donors (Lipinski definition) is 2. The van der Waals surface area contributed by atoms with Crippen LogP contribution in [-0.4, -0.2) is 39.1 Å². The van der Waals surface area contributed by atoms with Crippen molar-refractivity contribution in [2.45, 2.75) is 25.8 Å². The van der Waals surface area contributed by atoms with Gasteiger partial charge in [0.2, 0.25) is 0 Å². The highest BCUT2D eigenvalue weighted by Crippen LogP contribution is 2.31. The molecule has 0 radical (unpaired) electrons. The molecule has 1 aliphatic rings. The molecule has 35 heavy (non-hydrogen) atoms. The van der Waals surface area contributed by atoms with E-state index in [4.69, 9.17) is 0 Å². The number of hydrogen-bond acceptors (Lipinski definition) is 4. The predicted octanol–water partition coefficient (Wildman–Crippen LogP) is 5.42. The number of likely N-dealkylation sites (tertiary alicyclic amines) is 1. The number of piperidine rings is 1. The lowest BCUT2D eigenvalue weighted by Crippen LogP contribution is -2.29. The fourth-order valence-electron chi connectivity index (χ4n) is 4.38. The Hall–Kier alpha value is -3.79. The van der Waals surface area contributed by atoms with Crippen LogP contribution in [-0.2, 0) is 6.54 Å². The number of halogens is 4. The van der Waals surface area contributed by atoms with Gasteiger partial charge in [0.25, 0.3) is 5.91 Å². The van der Waals surface area contributed by atoms with Crippen LogP contribution in [0.2, 0.25) is 0 Å². The molecule has 2 aromatic heterocycles. The molecule has 0 aliphatic carbocycles. The Morgan fingerprint density at radius 2 is 1.71 bits per heavy atom. The fourth-order valence-corrected chi connectivity index (χ4v) is 4.38. The van der Waals surface area contributed by atoms with Gasteiger partial charge < -0.3 is 5.32 Å². The summed E-state index contributed by atoms with van der Waals surface area (Å²) in [5.41, 5.74) is 0.678. The molecule has 3 heterocycles. The third kappa shape index (κ3) is 4.61. The number of anilines is 1. The maximum absolute atomic E-state index is 14.8. The molecule has 0 atom stereocenters. The largest absolute Gasteiger partial charge is 0.316 e. The zero-order valence-corrected chi connectivity index (χ0v) is 18.5. The average molecular weight is 483 g/mol. The van der Waals surface area contributed by atoms with Crippen molar-refractivity contribution in [2.24, 2.45) is 0 Å². The van der Waals surface area contributed by atoms with E-state index in [-0.39, 0.29) is 16.6 Å². The zero-order valence-electron chi connectivity index (χ0n) is 18.5. The van der Waals surface area contributed by atoms with Gasteiger partial charge in [-0.15, -0.1) is 0 Å². The lowest BCUT2D eigenvalue weighted by atomic mass is 9.99. The van der Waals surface area contributed by atoms with Gasteiger partial charge in [0.1, 0.15) is 5.69 Å². The number of nitrogens with one attached hydrogen (secondary N) is 2. The van der Waals surface area contributed by atoms with Gasteiger partial charge in [0.05, 0.1) is 17.9 Å². The lowest BCUT2D eigenvalue weighted by Gasteiger charge is -2.26. The van der Waals surface area contributed by atoms with Crippen molar-refractivity contribution in [2.75, 3.05) is 18.4 Å². The number of H-pyrrole nitrogens is 1. The molecule has 1 aliphatic heterocycles. The van der Waals surface area contributed by atoms with E-state index in [1.165, 1.54) is 18.6 Å². The third-order valence-corrected chi connectivity index (χ3v) is 6.12. The van der Waals surface area contributed by atoms with Crippen LogP contribution in [0.3, 0.4) is 0 Å². The van der Waals surface area contributed by atoms with E-state index in [2.05, 4.69) is 25.4 Å². The zero-order chi connectivity index (χ0) is 24.5. The predicted molar refractivity (Wildman–Crippen MR) is 123 cm³/mol. The maximum Gasteiger partial charge on any atom is 0.276 e. The summed E-state index contributed by atoms with van der Waals surface area (Å²) in [6, 6.07) is 7.48. The number of pyridine rings is 1. The standard InChI is InChI=1S/C25H21F4N5O/c26-18-9-14(13-34-6-2-1-3-7-34)8-16(22(18)29)15-4-5-21-17(10-15)23(33-32-21)25(35)31-24-19(27)11-30-12-20(24)28/h4-5,8-12H,1-3,6-7,13H2,(H,32,33)(H,30,31,35). The number of rotatable bonds is 5. The van der Waals surface area contributed by atoms with Crippen molar-refractivity contribution in [3.05, 3.63) is 77.3 Å². The van der Waals surface area contributed by atoms with E-state index in [0.29, 0.717) is 23.2 Å². The van der Waals surface area contributed by atoms with E-state index in [1.807, 2.05) is 0 Å². The van der Waals surface area contributed by atoms with E-state index in [9.17, 15) is 22.4 Å². The smallest absolute Gasteiger partial charge is 0.276 e. The summed E-state index contributed by atoms with van der Waals surface area (Å²) in [6.07, 6.45) is 4.86. The van der Waals surface area contributed by atoms with Crippen LogP contribution < -0.4 is 5.32 Å². The molecule has 0 spiro atoms. The highest BCUT2D eigenvalue weighted by Gasteiger charge is 2.21. The molecule has 1 fully saturated rings. The number of amides is 1. The number of carbonyl (C=O) groups excluding carboxylic acids is 1. The van der Waals surface area contributed by atoms with E-state index < -0.39 is 34.9 Å². The Labute approximate surface area is 198 Å². The number of aromatic nitrogens is 3. The van der Waals surface area contributed by atoms with Gasteiger partial charge in [-0.25, -0.2) is 17.6 Å². The fraction of sp³-hybridized carbons (Fsp3) is 0.240. The molecule has 2 N–H and O–H groups in total. The maximum atomic E-state index is 14.8. The minimum atomic E-state index is -1.04. The molecule has 6 nitrogen and oxygen atoms in total. The summed E-state index contributed by atoms with van der Waals surface area (Å²) >= 11 is 0. The van der Waals surface area contributed by atoms with Crippen molar-refractivity contribution < 1.29 is 22.4 Å². The average Bonchev–Trinajstić information content (AvgIpc) is 3.28. The second kappa shape index (κ2) is 9.46. The molecule has 1 amide bonds. The molecular weight excluding hydrogens is 462 g/mol. The highest BCUT2D eigenvalue weighted by atomic mass is 19.2. The Kier molecular flexibility index (Phi) is 6.21. The van der Waals surface area contributed by atoms with Crippen LogP contribution in [0.15, 0.2) is 42.7 Å².